The highest BCUT2D eigenvalue weighted by Gasteiger charge is 2.17. The highest BCUT2D eigenvalue weighted by molar-refractivity contribution is 6.07. The number of amides is 2. The van der Waals surface area contributed by atoms with E-state index in [4.69, 9.17) is 14.2 Å². The first-order valence-electron chi connectivity index (χ1n) is 8.97. The molecule has 0 fully saturated rings. The van der Waals surface area contributed by atoms with Gasteiger partial charge in [-0.2, -0.15) is 0 Å². The second-order valence-electron chi connectivity index (χ2n) is 6.28. The molecule has 0 aliphatic carbocycles. The van der Waals surface area contributed by atoms with Crippen molar-refractivity contribution in [1.29, 1.82) is 0 Å². The van der Waals surface area contributed by atoms with Crippen LogP contribution in [0, 0.1) is 0 Å². The number of carbonyl (C=O) groups is 2. The van der Waals surface area contributed by atoms with Crippen LogP contribution in [0.4, 0.5) is 11.4 Å². The molecule has 156 valence electrons. The molecule has 3 rings (SSSR count). The number of carbonyl (C=O) groups excluding carboxylic acids is 2. The molecular weight excluding hydrogens is 388 g/mol. The fourth-order valence-electron chi connectivity index (χ4n) is 2.78. The Morgan fingerprint density at radius 1 is 0.900 bits per heavy atom. The van der Waals surface area contributed by atoms with Crippen molar-refractivity contribution < 1.29 is 23.8 Å². The topological polar surface area (TPSA) is 104 Å². The van der Waals surface area contributed by atoms with Gasteiger partial charge in [0.2, 0.25) is 5.88 Å². The summed E-state index contributed by atoms with van der Waals surface area (Å²) in [7, 11) is 6.21. The normalized spacial score (nSPS) is 10.3. The van der Waals surface area contributed by atoms with Crippen LogP contribution >= 0.6 is 0 Å². The molecule has 0 unspecified atom stereocenters. The minimum Gasteiger partial charge on any atom is -0.497 e. The van der Waals surface area contributed by atoms with Crippen LogP contribution in [0.2, 0.25) is 0 Å². The average Bonchev–Trinajstić information content (AvgIpc) is 3.15. The summed E-state index contributed by atoms with van der Waals surface area (Å²) in [5.41, 5.74) is 1.74. The lowest BCUT2D eigenvalue weighted by Crippen LogP contribution is -2.14. The Morgan fingerprint density at radius 2 is 1.63 bits per heavy atom. The first-order valence-corrected chi connectivity index (χ1v) is 8.97. The molecule has 0 saturated carbocycles. The van der Waals surface area contributed by atoms with Gasteiger partial charge in [-0.25, -0.2) is 0 Å². The second kappa shape index (κ2) is 8.99. The maximum absolute atomic E-state index is 12.6. The number of aromatic nitrogens is 2. The molecule has 1 heterocycles. The van der Waals surface area contributed by atoms with E-state index in [1.54, 1.807) is 62.8 Å². The van der Waals surface area contributed by atoms with Gasteiger partial charge in [-0.15, -0.1) is 5.10 Å². The fraction of sp³-hybridized carbons (Fsp3) is 0.190. The SMILES string of the molecule is COc1ccc(OC)c(NC(=O)c2ccc(NC(=O)c3cn(C)nc3OC)cc2)c1. The van der Waals surface area contributed by atoms with Crippen molar-refractivity contribution in [3.8, 4) is 17.4 Å². The van der Waals surface area contributed by atoms with E-state index in [2.05, 4.69) is 15.7 Å². The predicted molar refractivity (Wildman–Crippen MR) is 112 cm³/mol. The number of nitrogens with zero attached hydrogens (tertiary/aromatic N) is 2. The third kappa shape index (κ3) is 4.52. The predicted octanol–water partition coefficient (Wildman–Crippen LogP) is 2.95. The van der Waals surface area contributed by atoms with Crippen LogP contribution in [-0.2, 0) is 7.05 Å². The molecule has 2 aromatic carbocycles. The van der Waals surface area contributed by atoms with E-state index in [9.17, 15) is 9.59 Å². The van der Waals surface area contributed by atoms with E-state index in [1.165, 1.54) is 18.9 Å². The van der Waals surface area contributed by atoms with Gasteiger partial charge in [0, 0.05) is 30.6 Å². The van der Waals surface area contributed by atoms with E-state index >= 15 is 0 Å². The maximum Gasteiger partial charge on any atom is 0.262 e. The molecule has 0 atom stereocenters. The summed E-state index contributed by atoms with van der Waals surface area (Å²) >= 11 is 0. The highest BCUT2D eigenvalue weighted by Crippen LogP contribution is 2.29. The lowest BCUT2D eigenvalue weighted by Gasteiger charge is -2.12. The average molecular weight is 410 g/mol. The van der Waals surface area contributed by atoms with Crippen LogP contribution < -0.4 is 24.8 Å². The van der Waals surface area contributed by atoms with Crippen molar-refractivity contribution in [1.82, 2.24) is 9.78 Å². The first kappa shape index (κ1) is 20.7. The minimum absolute atomic E-state index is 0.234. The molecule has 2 amide bonds. The van der Waals surface area contributed by atoms with E-state index in [-0.39, 0.29) is 17.7 Å². The number of aryl methyl sites for hydroxylation is 1. The summed E-state index contributed by atoms with van der Waals surface area (Å²) in [6, 6.07) is 11.6. The monoisotopic (exact) mass is 410 g/mol. The second-order valence-corrected chi connectivity index (χ2v) is 6.28. The summed E-state index contributed by atoms with van der Waals surface area (Å²) in [4.78, 5) is 25.0. The Hall–Kier alpha value is -4.01. The van der Waals surface area contributed by atoms with Crippen LogP contribution in [0.5, 0.6) is 17.4 Å². The number of nitrogens with one attached hydrogen (secondary N) is 2. The van der Waals surface area contributed by atoms with Gasteiger partial charge in [0.15, 0.2) is 0 Å². The van der Waals surface area contributed by atoms with E-state index in [0.717, 1.165) is 0 Å². The van der Waals surface area contributed by atoms with Crippen molar-refractivity contribution >= 4 is 23.2 Å². The highest BCUT2D eigenvalue weighted by atomic mass is 16.5. The van der Waals surface area contributed by atoms with Crippen molar-refractivity contribution in [2.24, 2.45) is 7.05 Å². The smallest absolute Gasteiger partial charge is 0.262 e. The van der Waals surface area contributed by atoms with Gasteiger partial charge in [0.1, 0.15) is 17.1 Å². The van der Waals surface area contributed by atoms with Gasteiger partial charge in [0.25, 0.3) is 11.8 Å². The molecule has 9 heteroatoms. The quantitative estimate of drug-likeness (QED) is 0.621. The van der Waals surface area contributed by atoms with Gasteiger partial charge in [-0.05, 0) is 36.4 Å². The molecule has 3 aromatic rings. The number of ether oxygens (including phenoxy) is 3. The third-order valence-corrected chi connectivity index (χ3v) is 4.29. The van der Waals surface area contributed by atoms with Crippen LogP contribution in [0.3, 0.4) is 0 Å². The van der Waals surface area contributed by atoms with E-state index in [0.29, 0.717) is 34.0 Å². The zero-order valence-electron chi connectivity index (χ0n) is 17.1. The van der Waals surface area contributed by atoms with Crippen molar-refractivity contribution in [2.75, 3.05) is 32.0 Å². The molecule has 2 N–H and O–H groups in total. The zero-order valence-corrected chi connectivity index (χ0v) is 17.1. The Labute approximate surface area is 173 Å². The van der Waals surface area contributed by atoms with Crippen LogP contribution in [-0.4, -0.2) is 42.9 Å². The minimum atomic E-state index is -0.363. The molecule has 30 heavy (non-hydrogen) atoms. The van der Waals surface area contributed by atoms with Crippen LogP contribution in [0.1, 0.15) is 20.7 Å². The number of rotatable bonds is 7. The third-order valence-electron chi connectivity index (χ3n) is 4.29. The Bertz CT molecular complexity index is 1060. The lowest BCUT2D eigenvalue weighted by atomic mass is 10.1. The van der Waals surface area contributed by atoms with Gasteiger partial charge < -0.3 is 24.8 Å². The van der Waals surface area contributed by atoms with Crippen LogP contribution in [0.15, 0.2) is 48.7 Å². The van der Waals surface area contributed by atoms with E-state index < -0.39 is 0 Å². The molecule has 0 radical (unpaired) electrons. The molecular formula is C21H22N4O5. The van der Waals surface area contributed by atoms with Gasteiger partial charge in [-0.3, -0.25) is 14.3 Å². The van der Waals surface area contributed by atoms with Gasteiger partial charge >= 0.3 is 0 Å². The molecule has 0 bridgehead atoms. The summed E-state index contributed by atoms with van der Waals surface area (Å²) in [6.45, 7) is 0. The van der Waals surface area contributed by atoms with Gasteiger partial charge in [-0.1, -0.05) is 0 Å². The van der Waals surface area contributed by atoms with Crippen LogP contribution in [0.25, 0.3) is 0 Å². The fourth-order valence-corrected chi connectivity index (χ4v) is 2.78. The lowest BCUT2D eigenvalue weighted by molar-refractivity contribution is 0.101. The summed E-state index contributed by atoms with van der Waals surface area (Å²) in [5.74, 6) is 0.651. The van der Waals surface area contributed by atoms with Crippen molar-refractivity contribution in [3.05, 3.63) is 59.8 Å². The van der Waals surface area contributed by atoms with Gasteiger partial charge in [0.05, 0.1) is 27.0 Å². The molecule has 9 nitrogen and oxygen atoms in total. The number of hydrogen-bond donors (Lipinski definition) is 2. The molecule has 0 saturated heterocycles. The maximum atomic E-state index is 12.6. The first-order chi connectivity index (χ1) is 14.4. The number of hydrogen-bond acceptors (Lipinski definition) is 6. The summed E-state index contributed by atoms with van der Waals surface area (Å²) in [6.07, 6.45) is 1.57. The largest absolute Gasteiger partial charge is 0.497 e. The summed E-state index contributed by atoms with van der Waals surface area (Å²) in [5, 5.41) is 9.61. The Balaban J connectivity index is 1.71. The zero-order chi connectivity index (χ0) is 21.7. The Kier molecular flexibility index (Phi) is 6.21. The molecule has 0 aliphatic heterocycles. The summed E-state index contributed by atoms with van der Waals surface area (Å²) < 4.78 is 17.1. The number of methoxy groups -OCH3 is 3. The Morgan fingerprint density at radius 3 is 2.27 bits per heavy atom. The van der Waals surface area contributed by atoms with E-state index in [1.807, 2.05) is 0 Å². The molecule has 0 spiro atoms. The van der Waals surface area contributed by atoms with Crippen molar-refractivity contribution in [3.63, 3.8) is 0 Å². The molecule has 1 aromatic heterocycles. The number of benzene rings is 2. The standard InChI is InChI=1S/C21H22N4O5/c1-25-12-16(21(24-25)30-4)20(27)22-14-7-5-13(6-8-14)19(26)23-17-11-15(28-2)9-10-18(17)29-3/h5-12H,1-4H3,(H,22,27)(H,23,26). The number of anilines is 2. The molecule has 0 aliphatic rings. The van der Waals surface area contributed by atoms with Crippen molar-refractivity contribution in [2.45, 2.75) is 0 Å².